The summed E-state index contributed by atoms with van der Waals surface area (Å²) in [6, 6.07) is 0. The molecule has 0 bridgehead atoms. The Kier molecular flexibility index (Phi) is 4.78. The second-order valence-electron chi connectivity index (χ2n) is 3.29. The molecule has 1 atom stereocenters. The summed E-state index contributed by atoms with van der Waals surface area (Å²) in [7, 11) is 5.09. The van der Waals surface area contributed by atoms with Gasteiger partial charge in [0.2, 0.25) is 0 Å². The highest BCUT2D eigenvalue weighted by Gasteiger charge is 2.48. The van der Waals surface area contributed by atoms with Crippen molar-refractivity contribution >= 4 is 29.1 Å². The van der Waals surface area contributed by atoms with E-state index in [-0.39, 0.29) is 6.23 Å². The van der Waals surface area contributed by atoms with Crippen molar-refractivity contribution in [2.75, 3.05) is 27.7 Å². The summed E-state index contributed by atoms with van der Waals surface area (Å²) in [5.74, 6) is -1.49. The minimum Gasteiger partial charge on any atom is -0.309 e. The Morgan fingerprint density at radius 2 is 2.00 bits per heavy atom. The largest absolute Gasteiger partial charge is 0.309 e. The molecule has 1 heterocycles. The van der Waals surface area contributed by atoms with Gasteiger partial charge in [0.05, 0.1) is 6.54 Å². The van der Waals surface area contributed by atoms with Gasteiger partial charge in [0.15, 0.2) is 4.84 Å². The Morgan fingerprint density at radius 3 is 2.38 bits per heavy atom. The van der Waals surface area contributed by atoms with Crippen LogP contribution < -0.4 is 16.0 Å². The molecule has 1 aliphatic rings. The number of alkyl halides is 2. The minimum absolute atomic E-state index is 0.282. The van der Waals surface area contributed by atoms with Gasteiger partial charge in [-0.05, 0) is 21.1 Å². The van der Waals surface area contributed by atoms with Crippen LogP contribution in [-0.2, 0) is 9.53 Å². The molecule has 0 aliphatic carbocycles. The molecule has 0 radical (unpaired) electrons. The van der Waals surface area contributed by atoms with E-state index < -0.39 is 16.7 Å². The predicted molar refractivity (Wildman–Crippen MR) is 62.0 cm³/mol. The van der Waals surface area contributed by atoms with E-state index in [2.05, 4.69) is 16.0 Å². The van der Waals surface area contributed by atoms with Crippen LogP contribution in [0.4, 0.5) is 0 Å². The lowest BCUT2D eigenvalue weighted by molar-refractivity contribution is -0.168. The van der Waals surface area contributed by atoms with Crippen LogP contribution in [0.3, 0.4) is 0 Å². The zero-order valence-corrected chi connectivity index (χ0v) is 10.9. The van der Waals surface area contributed by atoms with Crippen LogP contribution in [0.25, 0.3) is 0 Å². The summed E-state index contributed by atoms with van der Waals surface area (Å²) >= 11 is 11.2. The van der Waals surface area contributed by atoms with Gasteiger partial charge < -0.3 is 4.74 Å². The fraction of sp³-hybridized carbons (Fsp3) is 0.875. The lowest BCUT2D eigenvalue weighted by atomic mass is 10.4. The van der Waals surface area contributed by atoms with Gasteiger partial charge in [-0.1, -0.05) is 23.2 Å². The van der Waals surface area contributed by atoms with Gasteiger partial charge in [0.1, 0.15) is 6.23 Å². The number of halogens is 2. The number of carbonyl (C=O) groups excluding carboxylic acids is 1. The van der Waals surface area contributed by atoms with E-state index in [9.17, 15) is 4.79 Å². The molecule has 8 heteroatoms. The van der Waals surface area contributed by atoms with Gasteiger partial charge >= 0.3 is 0 Å². The molecular weight excluding hydrogens is 255 g/mol. The second kappa shape index (κ2) is 5.48. The van der Waals surface area contributed by atoms with Gasteiger partial charge in [-0.3, -0.25) is 25.6 Å². The van der Waals surface area contributed by atoms with Crippen LogP contribution in [-0.4, -0.2) is 55.5 Å². The van der Waals surface area contributed by atoms with E-state index in [1.165, 1.54) is 4.90 Å². The molecule has 1 saturated heterocycles. The zero-order valence-electron chi connectivity index (χ0n) is 9.38. The maximum absolute atomic E-state index is 11.8. The molecule has 1 rings (SSSR count). The average molecular weight is 271 g/mol. The van der Waals surface area contributed by atoms with Crippen molar-refractivity contribution in [1.82, 2.24) is 20.9 Å². The van der Waals surface area contributed by atoms with Crippen LogP contribution >= 0.6 is 23.2 Å². The molecule has 16 heavy (non-hydrogen) atoms. The topological polar surface area (TPSA) is 65.6 Å². The normalized spacial score (nSPS) is 24.1. The lowest BCUT2D eigenvalue weighted by Gasteiger charge is -2.35. The maximum atomic E-state index is 11.8. The maximum Gasteiger partial charge on any atom is 0.263 e. The predicted octanol–water partition coefficient (Wildman–Crippen LogP) is -0.755. The van der Waals surface area contributed by atoms with Gasteiger partial charge in [0.25, 0.3) is 11.9 Å². The molecule has 0 spiro atoms. The molecule has 0 aromatic heterocycles. The number of amides is 1. The smallest absolute Gasteiger partial charge is 0.263 e. The number of rotatable bonds is 4. The van der Waals surface area contributed by atoms with E-state index >= 15 is 0 Å². The van der Waals surface area contributed by atoms with Crippen molar-refractivity contribution in [3.8, 4) is 0 Å². The highest BCUT2D eigenvalue weighted by molar-refractivity contribution is 6.53. The lowest BCUT2D eigenvalue weighted by Crippen LogP contribution is -2.65. The molecule has 94 valence electrons. The Morgan fingerprint density at radius 1 is 1.44 bits per heavy atom. The number of hydrogen-bond acceptors (Lipinski definition) is 5. The molecule has 1 amide bonds. The Hall–Kier alpha value is -0.110. The Labute approximate surface area is 105 Å². The van der Waals surface area contributed by atoms with Crippen LogP contribution in [0.2, 0.25) is 0 Å². The van der Waals surface area contributed by atoms with Gasteiger partial charge in [0, 0.05) is 0 Å². The fourth-order valence-corrected chi connectivity index (χ4v) is 1.86. The first kappa shape index (κ1) is 14.0. The van der Waals surface area contributed by atoms with Crippen molar-refractivity contribution in [1.29, 1.82) is 0 Å². The third-order valence-electron chi connectivity index (χ3n) is 2.49. The quantitative estimate of drug-likeness (QED) is 0.463. The summed E-state index contributed by atoms with van der Waals surface area (Å²) < 4.78 is 5.63. The molecule has 1 aliphatic heterocycles. The van der Waals surface area contributed by atoms with Crippen LogP contribution in [0.5, 0.6) is 0 Å². The van der Waals surface area contributed by atoms with E-state index in [1.807, 2.05) is 0 Å². The van der Waals surface area contributed by atoms with Gasteiger partial charge in [-0.2, -0.15) is 0 Å². The van der Waals surface area contributed by atoms with Crippen molar-refractivity contribution in [3.05, 3.63) is 0 Å². The first-order chi connectivity index (χ1) is 7.50. The van der Waals surface area contributed by atoms with Crippen molar-refractivity contribution in [3.63, 3.8) is 0 Å². The van der Waals surface area contributed by atoms with E-state index in [4.69, 9.17) is 27.9 Å². The number of likely N-dealkylation sites (N-methyl/N-ethyl adjacent to an activating group) is 1. The van der Waals surface area contributed by atoms with Crippen LogP contribution in [0.1, 0.15) is 0 Å². The van der Waals surface area contributed by atoms with E-state index in [0.717, 1.165) is 0 Å². The SMILES string of the molecule is CNC1CN(C(=O)C(Cl)Cl)C(NC)(NC)O1. The van der Waals surface area contributed by atoms with Gasteiger partial charge in [-0.15, -0.1) is 0 Å². The van der Waals surface area contributed by atoms with Crippen molar-refractivity contribution < 1.29 is 9.53 Å². The highest BCUT2D eigenvalue weighted by atomic mass is 35.5. The van der Waals surface area contributed by atoms with Crippen LogP contribution in [0, 0.1) is 0 Å². The van der Waals surface area contributed by atoms with Gasteiger partial charge in [-0.25, -0.2) is 0 Å². The summed E-state index contributed by atoms with van der Waals surface area (Å²) in [5.41, 5.74) is 0. The number of nitrogens with one attached hydrogen (secondary N) is 3. The standard InChI is InChI=1S/C8H16Cl2N4O2/c1-11-5-4-14(7(15)6(9)10)8(12-2,13-3)16-5/h5-6,11-13H,4H2,1-3H3. The summed E-state index contributed by atoms with van der Waals surface area (Å²) in [5, 5.41) is 8.71. The average Bonchev–Trinajstić information content (AvgIpc) is 2.67. The van der Waals surface area contributed by atoms with E-state index in [1.54, 1.807) is 21.1 Å². The van der Waals surface area contributed by atoms with Crippen molar-refractivity contribution in [2.24, 2.45) is 0 Å². The number of hydrogen-bond donors (Lipinski definition) is 3. The number of nitrogens with zero attached hydrogens (tertiary/aromatic N) is 1. The molecule has 0 saturated carbocycles. The summed E-state index contributed by atoms with van der Waals surface area (Å²) in [6.45, 7) is 0.354. The Bertz CT molecular complexity index is 260. The molecule has 0 aromatic rings. The molecule has 3 N–H and O–H groups in total. The fourth-order valence-electron chi connectivity index (χ4n) is 1.63. The highest BCUT2D eigenvalue weighted by Crippen LogP contribution is 2.23. The zero-order chi connectivity index (χ0) is 12.3. The summed E-state index contributed by atoms with van der Waals surface area (Å²) in [6.07, 6.45) is -0.282. The number of carbonyl (C=O) groups is 1. The summed E-state index contributed by atoms with van der Waals surface area (Å²) in [4.78, 5) is 12.1. The first-order valence-corrected chi connectivity index (χ1v) is 5.70. The Balaban J connectivity index is 2.91. The third-order valence-corrected chi connectivity index (χ3v) is 2.87. The molecular formula is C8H16Cl2N4O2. The third kappa shape index (κ3) is 2.42. The molecule has 6 nitrogen and oxygen atoms in total. The van der Waals surface area contributed by atoms with Crippen LogP contribution in [0.15, 0.2) is 0 Å². The van der Waals surface area contributed by atoms with E-state index in [0.29, 0.717) is 6.54 Å². The molecule has 1 fully saturated rings. The second-order valence-corrected chi connectivity index (χ2v) is 4.38. The minimum atomic E-state index is -1.11. The van der Waals surface area contributed by atoms with Crippen molar-refractivity contribution in [2.45, 2.75) is 17.0 Å². The first-order valence-electron chi connectivity index (χ1n) is 4.83. The molecule has 0 aromatic carbocycles. The molecule has 1 unspecified atom stereocenters. The monoisotopic (exact) mass is 270 g/mol. The number of ether oxygens (including phenoxy) is 1.